The van der Waals surface area contributed by atoms with Gasteiger partial charge in [-0.2, -0.15) is 19.3 Å². The van der Waals surface area contributed by atoms with Gasteiger partial charge in [-0.3, -0.25) is 0 Å². The summed E-state index contributed by atoms with van der Waals surface area (Å²) >= 11 is 0. The molecule has 0 aliphatic heterocycles. The van der Waals surface area contributed by atoms with Gasteiger partial charge >= 0.3 is 37.7 Å². The quantitative estimate of drug-likeness (QED) is 0.172. The topological polar surface area (TPSA) is 0 Å². The number of hydrogen-bond donors (Lipinski definition) is 0. The van der Waals surface area contributed by atoms with Gasteiger partial charge in [-0.05, 0) is 6.42 Å². The smallest absolute Gasteiger partial charge is 0.340 e. The maximum Gasteiger partial charge on any atom is 1.00 e. The van der Waals surface area contributed by atoms with Gasteiger partial charge in [-0.25, -0.2) is 0 Å². The van der Waals surface area contributed by atoms with E-state index in [1.54, 1.807) is 0 Å². The van der Waals surface area contributed by atoms with Gasteiger partial charge in [0.05, 0.1) is 0 Å². The SMILES string of the molecule is [CH2-]CC=CCCC[CH-]CC.[Li+].[Li+]. The van der Waals surface area contributed by atoms with Gasteiger partial charge in [0, 0.05) is 0 Å². The number of hydrogen-bond acceptors (Lipinski definition) is 0. The molecular formula is C10H18Li2. The summed E-state index contributed by atoms with van der Waals surface area (Å²) in [4.78, 5) is 0. The van der Waals surface area contributed by atoms with Gasteiger partial charge < -0.3 is 13.3 Å². The van der Waals surface area contributed by atoms with E-state index >= 15 is 0 Å². The largest absolute Gasteiger partial charge is 1.00 e. The van der Waals surface area contributed by atoms with E-state index in [0.29, 0.717) is 0 Å². The van der Waals surface area contributed by atoms with Crippen LogP contribution in [0.25, 0.3) is 0 Å². The van der Waals surface area contributed by atoms with Gasteiger partial charge in [0.2, 0.25) is 0 Å². The molecule has 0 nitrogen and oxygen atoms in total. The van der Waals surface area contributed by atoms with E-state index < -0.39 is 0 Å². The molecule has 60 valence electrons. The second-order valence-electron chi connectivity index (χ2n) is 2.39. The third-order valence-electron chi connectivity index (χ3n) is 1.40. The van der Waals surface area contributed by atoms with Crippen molar-refractivity contribution >= 4 is 0 Å². The first-order chi connectivity index (χ1) is 4.91. The second kappa shape index (κ2) is 17.9. The van der Waals surface area contributed by atoms with E-state index in [1.807, 2.05) is 0 Å². The fraction of sp³-hybridized carbons (Fsp3) is 0.600. The number of allylic oxidation sites excluding steroid dienone is 2. The first kappa shape index (κ1) is 18.7. The maximum absolute atomic E-state index is 3.73. The van der Waals surface area contributed by atoms with Crippen molar-refractivity contribution in [1.29, 1.82) is 0 Å². The summed E-state index contributed by atoms with van der Waals surface area (Å²) in [6.45, 7) is 5.91. The normalized spacial score (nSPS) is 9.17. The van der Waals surface area contributed by atoms with Gasteiger partial charge in [0.25, 0.3) is 0 Å². The average molecular weight is 152 g/mol. The van der Waals surface area contributed by atoms with Crippen LogP contribution in [0.4, 0.5) is 0 Å². The molecule has 0 amide bonds. The van der Waals surface area contributed by atoms with Crippen molar-refractivity contribution in [3.05, 3.63) is 25.5 Å². The minimum atomic E-state index is 0. The molecule has 0 aromatic heterocycles. The molecule has 0 spiro atoms. The van der Waals surface area contributed by atoms with Crippen molar-refractivity contribution in [3.8, 4) is 0 Å². The molecule has 0 aromatic carbocycles. The van der Waals surface area contributed by atoms with Gasteiger partial charge in [-0.15, -0.1) is 6.08 Å². The molecule has 0 rings (SSSR count). The monoisotopic (exact) mass is 152 g/mol. The van der Waals surface area contributed by atoms with E-state index in [0.717, 1.165) is 6.42 Å². The van der Waals surface area contributed by atoms with Crippen molar-refractivity contribution in [2.45, 2.75) is 39.0 Å². The van der Waals surface area contributed by atoms with Gasteiger partial charge in [-0.1, -0.05) is 19.4 Å². The fourth-order valence-corrected chi connectivity index (χ4v) is 0.820. The molecule has 0 radical (unpaired) electrons. The number of rotatable bonds is 6. The van der Waals surface area contributed by atoms with Crippen LogP contribution in [-0.4, -0.2) is 0 Å². The molecule has 0 aromatic rings. The molecule has 0 N–H and O–H groups in total. The Morgan fingerprint density at radius 2 is 1.92 bits per heavy atom. The standard InChI is InChI=1S/C10H18.2Li/c1-3-5-7-9-10-8-6-4-2;;/h5-7H,1,3-4,8-10H2,2H3;;/q-2;2*+1. The fourth-order valence-electron chi connectivity index (χ4n) is 0.820. The Morgan fingerprint density at radius 1 is 1.25 bits per heavy atom. The van der Waals surface area contributed by atoms with Crippen LogP contribution in [0.15, 0.2) is 12.2 Å². The van der Waals surface area contributed by atoms with Crippen molar-refractivity contribution in [3.63, 3.8) is 0 Å². The maximum atomic E-state index is 3.73. The van der Waals surface area contributed by atoms with E-state index in [2.05, 4.69) is 32.4 Å². The molecule has 0 aliphatic carbocycles. The molecule has 0 saturated carbocycles. The zero-order valence-electron chi connectivity index (χ0n) is 8.97. The van der Waals surface area contributed by atoms with Crippen molar-refractivity contribution < 1.29 is 37.7 Å². The Morgan fingerprint density at radius 3 is 2.42 bits per heavy atom. The molecule has 12 heavy (non-hydrogen) atoms. The Hall–Kier alpha value is 0.935. The zero-order chi connectivity index (χ0) is 7.66. The summed E-state index contributed by atoms with van der Waals surface area (Å²) < 4.78 is 0. The first-order valence-electron chi connectivity index (χ1n) is 4.17. The molecule has 0 unspecified atom stereocenters. The van der Waals surface area contributed by atoms with Crippen LogP contribution in [-0.2, 0) is 0 Å². The minimum Gasteiger partial charge on any atom is -0.340 e. The summed E-state index contributed by atoms with van der Waals surface area (Å²) in [5.41, 5.74) is 0. The van der Waals surface area contributed by atoms with E-state index in [1.165, 1.54) is 25.7 Å². The Bertz CT molecular complexity index is 79.9. The number of unbranched alkanes of at least 4 members (excludes halogenated alkanes) is 4. The Balaban J connectivity index is -0.000000405. The third kappa shape index (κ3) is 17.1. The predicted molar refractivity (Wildman–Crippen MR) is 47.6 cm³/mol. The molecule has 0 fully saturated rings. The molecule has 0 saturated heterocycles. The van der Waals surface area contributed by atoms with E-state index in [-0.39, 0.29) is 37.7 Å². The summed E-state index contributed by atoms with van der Waals surface area (Å²) in [5, 5.41) is 0. The van der Waals surface area contributed by atoms with Crippen LogP contribution in [0.3, 0.4) is 0 Å². The van der Waals surface area contributed by atoms with Crippen molar-refractivity contribution in [1.82, 2.24) is 0 Å². The molecule has 0 aliphatic rings. The zero-order valence-corrected chi connectivity index (χ0v) is 8.97. The molecule has 0 atom stereocenters. The van der Waals surface area contributed by atoms with E-state index in [4.69, 9.17) is 0 Å². The minimum absolute atomic E-state index is 0. The summed E-state index contributed by atoms with van der Waals surface area (Å²) in [5.74, 6) is 0. The van der Waals surface area contributed by atoms with Crippen LogP contribution in [0.2, 0.25) is 0 Å². The summed E-state index contributed by atoms with van der Waals surface area (Å²) in [7, 11) is 0. The molecular weight excluding hydrogens is 134 g/mol. The molecule has 2 heteroatoms. The van der Waals surface area contributed by atoms with Crippen LogP contribution in [0, 0.1) is 13.3 Å². The second-order valence-corrected chi connectivity index (χ2v) is 2.39. The average Bonchev–Trinajstić information content (AvgIpc) is 1.97. The molecule has 0 bridgehead atoms. The Kier molecular flexibility index (Phi) is 27.8. The first-order valence-corrected chi connectivity index (χ1v) is 4.17. The van der Waals surface area contributed by atoms with Gasteiger partial charge in [0.1, 0.15) is 0 Å². The third-order valence-corrected chi connectivity index (χ3v) is 1.40. The summed E-state index contributed by atoms with van der Waals surface area (Å²) in [6, 6.07) is 0. The van der Waals surface area contributed by atoms with Crippen molar-refractivity contribution in [2.24, 2.45) is 0 Å². The van der Waals surface area contributed by atoms with Crippen LogP contribution < -0.4 is 37.7 Å². The molecule has 0 heterocycles. The van der Waals surface area contributed by atoms with Crippen LogP contribution >= 0.6 is 0 Å². The summed E-state index contributed by atoms with van der Waals surface area (Å²) in [6.07, 6.45) is 12.6. The Labute approximate surface area is 102 Å². The predicted octanol–water partition coefficient (Wildman–Crippen LogP) is -2.44. The van der Waals surface area contributed by atoms with Gasteiger partial charge in [0.15, 0.2) is 0 Å². The van der Waals surface area contributed by atoms with Crippen LogP contribution in [0.1, 0.15) is 39.0 Å². The van der Waals surface area contributed by atoms with E-state index in [9.17, 15) is 0 Å². The van der Waals surface area contributed by atoms with Crippen molar-refractivity contribution in [2.75, 3.05) is 0 Å². The van der Waals surface area contributed by atoms with Crippen LogP contribution in [0.5, 0.6) is 0 Å².